The van der Waals surface area contributed by atoms with Crippen molar-refractivity contribution in [3.05, 3.63) is 29.8 Å². The van der Waals surface area contributed by atoms with Crippen molar-refractivity contribution in [3.63, 3.8) is 0 Å². The van der Waals surface area contributed by atoms with Crippen LogP contribution in [0.5, 0.6) is 0 Å². The van der Waals surface area contributed by atoms with E-state index in [1.54, 1.807) is 29.2 Å². The quantitative estimate of drug-likeness (QED) is 0.675. The van der Waals surface area contributed by atoms with Gasteiger partial charge in [0, 0.05) is 18.8 Å². The fraction of sp³-hybridized carbons (Fsp3) is 0.467. The second-order valence-corrected chi connectivity index (χ2v) is 5.00. The molecule has 5 nitrogen and oxygen atoms in total. The van der Waals surface area contributed by atoms with Crippen molar-refractivity contribution in [1.29, 1.82) is 0 Å². The van der Waals surface area contributed by atoms with Gasteiger partial charge in [0.15, 0.2) is 6.61 Å². The average molecular weight is 276 g/mol. The molecule has 0 aromatic heterocycles. The minimum atomic E-state index is -0.513. The molecule has 1 saturated heterocycles. The third-order valence-corrected chi connectivity index (χ3v) is 3.41. The maximum atomic E-state index is 12.0. The summed E-state index contributed by atoms with van der Waals surface area (Å²) in [5.74, 6) is -0.635. The highest BCUT2D eigenvalue weighted by Crippen LogP contribution is 2.11. The second-order valence-electron chi connectivity index (χ2n) is 5.00. The topological polar surface area (TPSA) is 72.6 Å². The Morgan fingerprint density at radius 1 is 1.15 bits per heavy atom. The van der Waals surface area contributed by atoms with Crippen LogP contribution in [0, 0.1) is 0 Å². The fourth-order valence-electron chi connectivity index (χ4n) is 2.29. The molecule has 1 aromatic rings. The van der Waals surface area contributed by atoms with Crippen molar-refractivity contribution in [1.82, 2.24) is 4.90 Å². The van der Waals surface area contributed by atoms with E-state index >= 15 is 0 Å². The number of nitrogens with two attached hydrogens (primary N) is 1. The second kappa shape index (κ2) is 6.93. The van der Waals surface area contributed by atoms with Gasteiger partial charge < -0.3 is 15.4 Å². The van der Waals surface area contributed by atoms with Crippen molar-refractivity contribution in [2.45, 2.75) is 25.7 Å². The first-order chi connectivity index (χ1) is 9.66. The van der Waals surface area contributed by atoms with Crippen LogP contribution in [0.4, 0.5) is 5.69 Å². The summed E-state index contributed by atoms with van der Waals surface area (Å²) < 4.78 is 5.05. The third kappa shape index (κ3) is 3.98. The Balaban J connectivity index is 1.84. The molecule has 1 aromatic carbocycles. The monoisotopic (exact) mass is 276 g/mol. The third-order valence-electron chi connectivity index (χ3n) is 3.41. The van der Waals surface area contributed by atoms with Gasteiger partial charge in [-0.2, -0.15) is 0 Å². The lowest BCUT2D eigenvalue weighted by molar-refractivity contribution is -0.134. The molecule has 1 aliphatic rings. The Morgan fingerprint density at radius 3 is 2.50 bits per heavy atom. The Hall–Kier alpha value is -2.04. The summed E-state index contributed by atoms with van der Waals surface area (Å²) in [5, 5.41) is 0. The molecule has 1 fully saturated rings. The van der Waals surface area contributed by atoms with E-state index in [1.807, 2.05) is 0 Å². The molecule has 0 saturated carbocycles. The molecule has 0 unspecified atom stereocenters. The molecule has 0 bridgehead atoms. The molecular weight excluding hydrogens is 256 g/mol. The van der Waals surface area contributed by atoms with Gasteiger partial charge in [0.25, 0.3) is 5.91 Å². The number of carbonyl (C=O) groups excluding carboxylic acids is 2. The van der Waals surface area contributed by atoms with Gasteiger partial charge in [0.1, 0.15) is 0 Å². The van der Waals surface area contributed by atoms with Crippen molar-refractivity contribution < 1.29 is 14.3 Å². The summed E-state index contributed by atoms with van der Waals surface area (Å²) >= 11 is 0. The van der Waals surface area contributed by atoms with E-state index in [0.717, 1.165) is 38.8 Å². The summed E-state index contributed by atoms with van der Waals surface area (Å²) in [5.41, 5.74) is 6.47. The molecule has 0 spiro atoms. The van der Waals surface area contributed by atoms with Gasteiger partial charge in [-0.05, 0) is 31.0 Å². The summed E-state index contributed by atoms with van der Waals surface area (Å²) in [7, 11) is 0. The first kappa shape index (κ1) is 14.4. The van der Waals surface area contributed by atoms with Gasteiger partial charge in [-0.3, -0.25) is 4.79 Å². The maximum Gasteiger partial charge on any atom is 0.338 e. The molecule has 2 rings (SSSR count). The van der Waals surface area contributed by atoms with E-state index in [1.165, 1.54) is 0 Å². The first-order valence-corrected chi connectivity index (χ1v) is 6.97. The predicted molar refractivity (Wildman–Crippen MR) is 76.2 cm³/mol. The molecule has 1 amide bonds. The van der Waals surface area contributed by atoms with E-state index < -0.39 is 5.97 Å². The van der Waals surface area contributed by atoms with Crippen LogP contribution in [0.25, 0.3) is 0 Å². The molecular formula is C15H20N2O3. The van der Waals surface area contributed by atoms with Crippen LogP contribution in [-0.4, -0.2) is 36.5 Å². The lowest BCUT2D eigenvalue weighted by Crippen LogP contribution is -2.35. The summed E-state index contributed by atoms with van der Waals surface area (Å²) in [6, 6.07) is 6.54. The molecule has 1 aliphatic heterocycles. The SMILES string of the molecule is Nc1cccc(C(=O)OCC(=O)N2CCCCCC2)c1. The fourth-order valence-corrected chi connectivity index (χ4v) is 2.29. The largest absolute Gasteiger partial charge is 0.452 e. The lowest BCUT2D eigenvalue weighted by atomic mass is 10.2. The molecule has 0 atom stereocenters. The number of nitrogens with zero attached hydrogens (tertiary/aromatic N) is 1. The minimum absolute atomic E-state index is 0.121. The van der Waals surface area contributed by atoms with Crippen LogP contribution in [0.15, 0.2) is 24.3 Å². The van der Waals surface area contributed by atoms with Gasteiger partial charge in [-0.1, -0.05) is 18.9 Å². The van der Waals surface area contributed by atoms with Crippen molar-refractivity contribution >= 4 is 17.6 Å². The number of benzene rings is 1. The number of hydrogen-bond donors (Lipinski definition) is 1. The van der Waals surface area contributed by atoms with Crippen LogP contribution in [0.3, 0.4) is 0 Å². The highest BCUT2D eigenvalue weighted by molar-refractivity contribution is 5.92. The number of anilines is 1. The zero-order chi connectivity index (χ0) is 14.4. The smallest absolute Gasteiger partial charge is 0.338 e. The highest BCUT2D eigenvalue weighted by Gasteiger charge is 2.17. The van der Waals surface area contributed by atoms with Crippen LogP contribution < -0.4 is 5.73 Å². The maximum absolute atomic E-state index is 12.0. The van der Waals surface area contributed by atoms with Crippen LogP contribution in [0.1, 0.15) is 36.0 Å². The molecule has 0 radical (unpaired) electrons. The van der Waals surface area contributed by atoms with E-state index in [-0.39, 0.29) is 12.5 Å². The molecule has 20 heavy (non-hydrogen) atoms. The van der Waals surface area contributed by atoms with Gasteiger partial charge in [-0.25, -0.2) is 4.79 Å². The van der Waals surface area contributed by atoms with Crippen LogP contribution >= 0.6 is 0 Å². The number of esters is 1. The summed E-state index contributed by atoms with van der Waals surface area (Å²) in [6.45, 7) is 1.32. The molecule has 0 aliphatic carbocycles. The Labute approximate surface area is 118 Å². The lowest BCUT2D eigenvalue weighted by Gasteiger charge is -2.19. The van der Waals surface area contributed by atoms with Crippen LogP contribution in [-0.2, 0) is 9.53 Å². The number of likely N-dealkylation sites (tertiary alicyclic amines) is 1. The van der Waals surface area contributed by atoms with Crippen molar-refractivity contribution in [2.75, 3.05) is 25.4 Å². The Kier molecular flexibility index (Phi) is 4.98. The average Bonchev–Trinajstić information content (AvgIpc) is 2.73. The van der Waals surface area contributed by atoms with E-state index in [9.17, 15) is 9.59 Å². The Morgan fingerprint density at radius 2 is 1.85 bits per heavy atom. The zero-order valence-corrected chi connectivity index (χ0v) is 11.5. The number of nitrogen functional groups attached to an aromatic ring is 1. The number of ether oxygens (including phenoxy) is 1. The number of carbonyl (C=O) groups is 2. The standard InChI is InChI=1S/C15H20N2O3/c16-13-7-5-6-12(10-13)15(19)20-11-14(18)17-8-3-1-2-4-9-17/h5-7,10H,1-4,8-9,11,16H2. The Bertz CT molecular complexity index is 480. The zero-order valence-electron chi connectivity index (χ0n) is 11.5. The van der Waals surface area contributed by atoms with Gasteiger partial charge in [0.05, 0.1) is 5.56 Å². The molecule has 2 N–H and O–H groups in total. The first-order valence-electron chi connectivity index (χ1n) is 6.97. The van der Waals surface area contributed by atoms with E-state index in [2.05, 4.69) is 0 Å². The minimum Gasteiger partial charge on any atom is -0.452 e. The van der Waals surface area contributed by atoms with Gasteiger partial charge in [-0.15, -0.1) is 0 Å². The van der Waals surface area contributed by atoms with Crippen molar-refractivity contribution in [2.24, 2.45) is 0 Å². The summed E-state index contributed by atoms with van der Waals surface area (Å²) in [4.78, 5) is 25.6. The molecule has 1 heterocycles. The van der Waals surface area contributed by atoms with Gasteiger partial charge >= 0.3 is 5.97 Å². The number of hydrogen-bond acceptors (Lipinski definition) is 4. The highest BCUT2D eigenvalue weighted by atomic mass is 16.5. The molecule has 5 heteroatoms. The van der Waals surface area contributed by atoms with Crippen molar-refractivity contribution in [3.8, 4) is 0 Å². The van der Waals surface area contributed by atoms with E-state index in [0.29, 0.717) is 11.3 Å². The summed E-state index contributed by atoms with van der Waals surface area (Å²) in [6.07, 6.45) is 4.36. The van der Waals surface area contributed by atoms with E-state index in [4.69, 9.17) is 10.5 Å². The molecule has 108 valence electrons. The predicted octanol–water partition coefficient (Wildman–Crippen LogP) is 1.83. The number of amides is 1. The number of rotatable bonds is 3. The van der Waals surface area contributed by atoms with Gasteiger partial charge in [0.2, 0.25) is 0 Å². The van der Waals surface area contributed by atoms with Crippen LogP contribution in [0.2, 0.25) is 0 Å². The normalized spacial score (nSPS) is 15.5.